The Morgan fingerprint density at radius 3 is 2.33 bits per heavy atom. The molecule has 0 aromatic heterocycles. The van der Waals surface area contributed by atoms with Crippen LogP contribution in [0.2, 0.25) is 0 Å². The summed E-state index contributed by atoms with van der Waals surface area (Å²) in [7, 11) is 0. The number of halogens is 1. The lowest BCUT2D eigenvalue weighted by atomic mass is 9.74. The first kappa shape index (κ1) is 12.0. The molecule has 3 heteroatoms. The SMILES string of the molecule is CC(C)(C)c1ccc(N2CC3(CNC3)C2)c(F)c1. The minimum atomic E-state index is -0.0791. The fourth-order valence-corrected chi connectivity index (χ4v) is 2.87. The van der Waals surface area contributed by atoms with Gasteiger partial charge < -0.3 is 10.2 Å². The Labute approximate surface area is 108 Å². The lowest BCUT2D eigenvalue weighted by molar-refractivity contribution is 0.120. The van der Waals surface area contributed by atoms with Gasteiger partial charge in [0.15, 0.2) is 0 Å². The molecule has 0 radical (unpaired) electrons. The van der Waals surface area contributed by atoms with Crippen LogP contribution in [-0.2, 0) is 5.41 Å². The molecule has 1 aromatic rings. The van der Waals surface area contributed by atoms with Crippen LogP contribution in [0.25, 0.3) is 0 Å². The Balaban J connectivity index is 1.78. The Morgan fingerprint density at radius 1 is 1.22 bits per heavy atom. The highest BCUT2D eigenvalue weighted by Crippen LogP contribution is 2.39. The molecule has 3 rings (SSSR count). The van der Waals surface area contributed by atoms with Crippen molar-refractivity contribution in [3.05, 3.63) is 29.6 Å². The third kappa shape index (κ3) is 1.81. The van der Waals surface area contributed by atoms with E-state index in [1.165, 1.54) is 0 Å². The van der Waals surface area contributed by atoms with Crippen molar-refractivity contribution in [3.8, 4) is 0 Å². The van der Waals surface area contributed by atoms with Crippen LogP contribution < -0.4 is 10.2 Å². The second-order valence-electron chi connectivity index (χ2n) is 6.88. The molecule has 2 nitrogen and oxygen atoms in total. The van der Waals surface area contributed by atoms with E-state index in [0.717, 1.165) is 37.4 Å². The van der Waals surface area contributed by atoms with Crippen molar-refractivity contribution in [3.63, 3.8) is 0 Å². The standard InChI is InChI=1S/C15H21FN2/c1-14(2,3)11-4-5-13(12(16)6-11)18-9-15(10-18)7-17-8-15/h4-6,17H,7-10H2,1-3H3. The Bertz CT molecular complexity index is 464. The van der Waals surface area contributed by atoms with Crippen LogP contribution in [0.4, 0.5) is 10.1 Å². The molecule has 0 bridgehead atoms. The van der Waals surface area contributed by atoms with E-state index in [-0.39, 0.29) is 11.2 Å². The molecular formula is C15H21FN2. The van der Waals surface area contributed by atoms with E-state index in [4.69, 9.17) is 0 Å². The molecule has 0 unspecified atom stereocenters. The first-order valence-electron chi connectivity index (χ1n) is 6.65. The minimum absolute atomic E-state index is 0.00737. The highest BCUT2D eigenvalue weighted by molar-refractivity contribution is 5.53. The number of rotatable bonds is 1. The summed E-state index contributed by atoms with van der Waals surface area (Å²) in [6, 6.07) is 5.69. The average Bonchev–Trinajstić information content (AvgIpc) is 2.14. The summed E-state index contributed by atoms with van der Waals surface area (Å²) in [4.78, 5) is 2.16. The minimum Gasteiger partial charge on any atom is -0.368 e. The van der Waals surface area contributed by atoms with E-state index >= 15 is 0 Å². The molecule has 1 N–H and O–H groups in total. The molecule has 98 valence electrons. The molecule has 18 heavy (non-hydrogen) atoms. The van der Waals surface area contributed by atoms with Gasteiger partial charge in [0.1, 0.15) is 5.82 Å². The molecule has 0 saturated carbocycles. The normalized spacial score (nSPS) is 21.7. The summed E-state index contributed by atoms with van der Waals surface area (Å²) in [6.07, 6.45) is 0. The van der Waals surface area contributed by atoms with E-state index in [9.17, 15) is 4.39 Å². The number of hydrogen-bond acceptors (Lipinski definition) is 2. The topological polar surface area (TPSA) is 15.3 Å². The fraction of sp³-hybridized carbons (Fsp3) is 0.600. The number of nitrogens with one attached hydrogen (secondary N) is 1. The quantitative estimate of drug-likeness (QED) is 0.821. The Morgan fingerprint density at radius 2 is 1.89 bits per heavy atom. The van der Waals surface area contributed by atoms with Crippen molar-refractivity contribution in [1.82, 2.24) is 5.32 Å². The predicted molar refractivity (Wildman–Crippen MR) is 72.6 cm³/mol. The van der Waals surface area contributed by atoms with Gasteiger partial charge in [0.25, 0.3) is 0 Å². The summed E-state index contributed by atoms with van der Waals surface area (Å²) in [5.74, 6) is -0.0791. The van der Waals surface area contributed by atoms with Crippen LogP contribution in [0, 0.1) is 11.2 Å². The first-order valence-corrected chi connectivity index (χ1v) is 6.65. The van der Waals surface area contributed by atoms with Crippen molar-refractivity contribution in [2.45, 2.75) is 26.2 Å². The molecule has 0 aliphatic carbocycles. The van der Waals surface area contributed by atoms with Crippen LogP contribution in [-0.4, -0.2) is 26.2 Å². The van der Waals surface area contributed by atoms with Gasteiger partial charge in [-0.3, -0.25) is 0 Å². The summed E-state index contributed by atoms with van der Waals surface area (Å²) in [5.41, 5.74) is 2.27. The molecule has 2 aliphatic rings. The van der Waals surface area contributed by atoms with Crippen molar-refractivity contribution >= 4 is 5.69 Å². The van der Waals surface area contributed by atoms with Gasteiger partial charge in [0.2, 0.25) is 0 Å². The van der Waals surface area contributed by atoms with Crippen molar-refractivity contribution < 1.29 is 4.39 Å². The number of benzene rings is 1. The molecular weight excluding hydrogens is 227 g/mol. The van der Waals surface area contributed by atoms with Crippen molar-refractivity contribution in [2.75, 3.05) is 31.1 Å². The van der Waals surface area contributed by atoms with Crippen LogP contribution in [0.5, 0.6) is 0 Å². The third-order valence-electron chi connectivity index (χ3n) is 4.21. The van der Waals surface area contributed by atoms with E-state index in [0.29, 0.717) is 5.41 Å². The van der Waals surface area contributed by atoms with Crippen LogP contribution in [0.15, 0.2) is 18.2 Å². The molecule has 0 atom stereocenters. The van der Waals surface area contributed by atoms with Crippen LogP contribution in [0.3, 0.4) is 0 Å². The number of hydrogen-bond donors (Lipinski definition) is 1. The smallest absolute Gasteiger partial charge is 0.146 e. The van der Waals surface area contributed by atoms with Gasteiger partial charge in [-0.15, -0.1) is 0 Å². The Kier molecular flexibility index (Phi) is 2.46. The molecule has 2 aliphatic heterocycles. The van der Waals surface area contributed by atoms with E-state index in [2.05, 4.69) is 37.1 Å². The Hall–Kier alpha value is -1.09. The maximum Gasteiger partial charge on any atom is 0.146 e. The molecule has 1 aromatic carbocycles. The van der Waals surface area contributed by atoms with Gasteiger partial charge in [-0.25, -0.2) is 4.39 Å². The molecule has 2 heterocycles. The molecule has 2 fully saturated rings. The van der Waals surface area contributed by atoms with Gasteiger partial charge in [-0.1, -0.05) is 26.8 Å². The molecule has 2 saturated heterocycles. The highest BCUT2D eigenvalue weighted by atomic mass is 19.1. The summed E-state index contributed by atoms with van der Waals surface area (Å²) in [6.45, 7) is 10.5. The third-order valence-corrected chi connectivity index (χ3v) is 4.21. The van der Waals surface area contributed by atoms with E-state index in [1.807, 2.05) is 6.07 Å². The lowest BCUT2D eigenvalue weighted by Crippen LogP contribution is -2.71. The summed E-state index contributed by atoms with van der Waals surface area (Å²) >= 11 is 0. The van der Waals surface area contributed by atoms with Gasteiger partial charge in [-0.2, -0.15) is 0 Å². The van der Waals surface area contributed by atoms with Gasteiger partial charge >= 0.3 is 0 Å². The van der Waals surface area contributed by atoms with Crippen molar-refractivity contribution in [1.29, 1.82) is 0 Å². The van der Waals surface area contributed by atoms with Gasteiger partial charge in [-0.05, 0) is 23.1 Å². The molecule has 1 spiro atoms. The average molecular weight is 248 g/mol. The highest BCUT2D eigenvalue weighted by Gasteiger charge is 2.48. The molecule has 0 amide bonds. The second kappa shape index (κ2) is 3.70. The maximum atomic E-state index is 14.2. The summed E-state index contributed by atoms with van der Waals surface area (Å²) in [5, 5.41) is 3.30. The fourth-order valence-electron chi connectivity index (χ4n) is 2.87. The number of anilines is 1. The zero-order valence-electron chi connectivity index (χ0n) is 11.4. The first-order chi connectivity index (χ1) is 8.40. The van der Waals surface area contributed by atoms with E-state index < -0.39 is 0 Å². The summed E-state index contributed by atoms with van der Waals surface area (Å²) < 4.78 is 14.2. The maximum absolute atomic E-state index is 14.2. The largest absolute Gasteiger partial charge is 0.368 e. The van der Waals surface area contributed by atoms with Gasteiger partial charge in [0.05, 0.1) is 5.69 Å². The van der Waals surface area contributed by atoms with Crippen molar-refractivity contribution in [2.24, 2.45) is 5.41 Å². The predicted octanol–water partition coefficient (Wildman–Crippen LogP) is 2.53. The zero-order chi connectivity index (χ0) is 13.0. The van der Waals surface area contributed by atoms with E-state index in [1.54, 1.807) is 6.07 Å². The lowest BCUT2D eigenvalue weighted by Gasteiger charge is -2.57. The number of nitrogens with zero attached hydrogens (tertiary/aromatic N) is 1. The monoisotopic (exact) mass is 248 g/mol. The van der Waals surface area contributed by atoms with Crippen LogP contribution in [0.1, 0.15) is 26.3 Å². The van der Waals surface area contributed by atoms with Gasteiger partial charge in [0, 0.05) is 31.6 Å². The van der Waals surface area contributed by atoms with Crippen LogP contribution >= 0.6 is 0 Å². The second-order valence-corrected chi connectivity index (χ2v) is 6.88. The zero-order valence-corrected chi connectivity index (χ0v) is 11.4.